The smallest absolute Gasteiger partial charge is 0.0469 e. The molecule has 0 aromatic rings. The molecule has 1 N–H and O–H groups in total. The summed E-state index contributed by atoms with van der Waals surface area (Å²) < 4.78 is 5.35. The van der Waals surface area contributed by atoms with Crippen LogP contribution in [0.4, 0.5) is 0 Å². The van der Waals surface area contributed by atoms with E-state index in [1.54, 1.807) is 0 Å². The van der Waals surface area contributed by atoms with Crippen molar-refractivity contribution in [3.05, 3.63) is 0 Å². The van der Waals surface area contributed by atoms with Gasteiger partial charge in [-0.3, -0.25) is 0 Å². The van der Waals surface area contributed by atoms with Crippen LogP contribution >= 0.6 is 0 Å². The number of ether oxygens (including phenoxy) is 1. The molecule has 16 heavy (non-hydrogen) atoms. The van der Waals surface area contributed by atoms with Crippen LogP contribution in [-0.4, -0.2) is 50.8 Å². The molecule has 1 aliphatic heterocycles. The highest BCUT2D eigenvalue weighted by atomic mass is 16.5. The van der Waals surface area contributed by atoms with E-state index in [0.717, 1.165) is 25.7 Å². The Kier molecular flexibility index (Phi) is 7.01. The predicted octanol–water partition coefficient (Wildman–Crippen LogP) is 1.73. The molecule has 0 aliphatic carbocycles. The van der Waals surface area contributed by atoms with Crippen LogP contribution in [-0.2, 0) is 4.74 Å². The Balaban J connectivity index is 1.91. The zero-order valence-electron chi connectivity index (χ0n) is 11.2. The average molecular weight is 228 g/mol. The van der Waals surface area contributed by atoms with Crippen LogP contribution in [0.1, 0.15) is 33.1 Å². The fraction of sp³-hybridized carbons (Fsp3) is 1.00. The van der Waals surface area contributed by atoms with Gasteiger partial charge in [0.1, 0.15) is 0 Å². The molecule has 0 spiro atoms. The van der Waals surface area contributed by atoms with Gasteiger partial charge in [0.05, 0.1) is 0 Å². The summed E-state index contributed by atoms with van der Waals surface area (Å²) in [5, 5.41) is 3.57. The molecule has 0 aromatic carbocycles. The van der Waals surface area contributed by atoms with Crippen molar-refractivity contribution in [2.75, 3.05) is 39.9 Å². The van der Waals surface area contributed by atoms with Gasteiger partial charge in [0.25, 0.3) is 0 Å². The molecule has 1 fully saturated rings. The number of nitrogens with zero attached hydrogens (tertiary/aromatic N) is 1. The van der Waals surface area contributed by atoms with E-state index < -0.39 is 0 Å². The lowest BCUT2D eigenvalue weighted by Crippen LogP contribution is -2.32. The van der Waals surface area contributed by atoms with E-state index in [9.17, 15) is 0 Å². The Morgan fingerprint density at radius 2 is 2.00 bits per heavy atom. The van der Waals surface area contributed by atoms with Crippen molar-refractivity contribution in [2.24, 2.45) is 5.92 Å². The van der Waals surface area contributed by atoms with Gasteiger partial charge in [0, 0.05) is 19.3 Å². The van der Waals surface area contributed by atoms with Crippen molar-refractivity contribution in [1.29, 1.82) is 0 Å². The van der Waals surface area contributed by atoms with Crippen LogP contribution in [0, 0.1) is 5.92 Å². The number of rotatable bonds is 7. The van der Waals surface area contributed by atoms with Crippen LogP contribution < -0.4 is 5.32 Å². The van der Waals surface area contributed by atoms with Gasteiger partial charge < -0.3 is 15.0 Å². The lowest BCUT2D eigenvalue weighted by Gasteiger charge is -2.23. The average Bonchev–Trinajstić information content (AvgIpc) is 2.29. The van der Waals surface area contributed by atoms with E-state index in [0.29, 0.717) is 6.04 Å². The van der Waals surface area contributed by atoms with Crippen molar-refractivity contribution >= 4 is 0 Å². The van der Waals surface area contributed by atoms with Crippen molar-refractivity contribution in [3.63, 3.8) is 0 Å². The second-order valence-electron chi connectivity index (χ2n) is 5.19. The van der Waals surface area contributed by atoms with Crippen molar-refractivity contribution in [1.82, 2.24) is 10.2 Å². The van der Waals surface area contributed by atoms with Gasteiger partial charge in [0.15, 0.2) is 0 Å². The maximum atomic E-state index is 5.35. The van der Waals surface area contributed by atoms with Crippen LogP contribution in [0.3, 0.4) is 0 Å². The van der Waals surface area contributed by atoms with E-state index in [-0.39, 0.29) is 0 Å². The van der Waals surface area contributed by atoms with Crippen molar-refractivity contribution in [2.45, 2.75) is 39.2 Å². The zero-order chi connectivity index (χ0) is 11.8. The minimum Gasteiger partial charge on any atom is -0.381 e. The molecule has 1 rings (SSSR count). The standard InChI is InChI=1S/C13H28N2O/c1-12(2)15(3)8-4-7-14-11-13-5-9-16-10-6-13/h12-14H,4-11H2,1-3H3. The molecule has 0 amide bonds. The molecule has 0 saturated carbocycles. The highest BCUT2D eigenvalue weighted by molar-refractivity contribution is 4.66. The third-order valence-corrected chi connectivity index (χ3v) is 3.52. The molecule has 0 aromatic heterocycles. The van der Waals surface area contributed by atoms with E-state index in [1.807, 2.05) is 0 Å². The minimum atomic E-state index is 0.662. The second kappa shape index (κ2) is 8.04. The van der Waals surface area contributed by atoms with Gasteiger partial charge >= 0.3 is 0 Å². The van der Waals surface area contributed by atoms with Gasteiger partial charge in [-0.05, 0) is 65.7 Å². The first kappa shape index (κ1) is 13.9. The van der Waals surface area contributed by atoms with Crippen molar-refractivity contribution in [3.8, 4) is 0 Å². The summed E-state index contributed by atoms with van der Waals surface area (Å²) in [5.41, 5.74) is 0. The largest absolute Gasteiger partial charge is 0.381 e. The van der Waals surface area contributed by atoms with E-state index >= 15 is 0 Å². The first-order valence-electron chi connectivity index (χ1n) is 6.69. The van der Waals surface area contributed by atoms with Gasteiger partial charge in [-0.1, -0.05) is 0 Å². The highest BCUT2D eigenvalue weighted by Crippen LogP contribution is 2.12. The molecule has 0 radical (unpaired) electrons. The summed E-state index contributed by atoms with van der Waals surface area (Å²) in [6.45, 7) is 9.93. The van der Waals surface area contributed by atoms with Gasteiger partial charge in [-0.25, -0.2) is 0 Å². The molecule has 1 aliphatic rings. The Labute approximate surface area is 101 Å². The third kappa shape index (κ3) is 5.83. The molecule has 1 heterocycles. The van der Waals surface area contributed by atoms with Gasteiger partial charge in [-0.2, -0.15) is 0 Å². The SMILES string of the molecule is CC(C)N(C)CCCNCC1CCOCC1. The molecule has 3 heteroatoms. The van der Waals surface area contributed by atoms with E-state index in [1.165, 1.54) is 32.4 Å². The summed E-state index contributed by atoms with van der Waals surface area (Å²) in [5.74, 6) is 0.844. The monoisotopic (exact) mass is 228 g/mol. The molecular formula is C13H28N2O. The Morgan fingerprint density at radius 3 is 2.62 bits per heavy atom. The summed E-state index contributed by atoms with van der Waals surface area (Å²) >= 11 is 0. The lowest BCUT2D eigenvalue weighted by atomic mass is 10.0. The van der Waals surface area contributed by atoms with E-state index in [4.69, 9.17) is 4.74 Å². The zero-order valence-corrected chi connectivity index (χ0v) is 11.2. The number of hydrogen-bond donors (Lipinski definition) is 1. The van der Waals surface area contributed by atoms with E-state index in [2.05, 4.69) is 31.1 Å². The molecular weight excluding hydrogens is 200 g/mol. The summed E-state index contributed by atoms with van der Waals surface area (Å²) in [6, 6.07) is 0.662. The first-order chi connectivity index (χ1) is 7.70. The Bertz CT molecular complexity index is 167. The Morgan fingerprint density at radius 1 is 1.31 bits per heavy atom. The topological polar surface area (TPSA) is 24.5 Å². The molecule has 3 nitrogen and oxygen atoms in total. The lowest BCUT2D eigenvalue weighted by molar-refractivity contribution is 0.0663. The molecule has 1 saturated heterocycles. The summed E-state index contributed by atoms with van der Waals surface area (Å²) in [4.78, 5) is 2.40. The normalized spacial score (nSPS) is 18.6. The summed E-state index contributed by atoms with van der Waals surface area (Å²) in [6.07, 6.45) is 3.72. The minimum absolute atomic E-state index is 0.662. The highest BCUT2D eigenvalue weighted by Gasteiger charge is 2.12. The first-order valence-corrected chi connectivity index (χ1v) is 6.69. The maximum Gasteiger partial charge on any atom is 0.0469 e. The molecule has 0 unspecified atom stereocenters. The van der Waals surface area contributed by atoms with Gasteiger partial charge in [-0.15, -0.1) is 0 Å². The van der Waals surface area contributed by atoms with Crippen LogP contribution in [0.2, 0.25) is 0 Å². The number of nitrogens with one attached hydrogen (secondary N) is 1. The third-order valence-electron chi connectivity index (χ3n) is 3.52. The fourth-order valence-electron chi connectivity index (χ4n) is 1.97. The molecule has 96 valence electrons. The summed E-state index contributed by atoms with van der Waals surface area (Å²) in [7, 11) is 2.20. The maximum absolute atomic E-state index is 5.35. The predicted molar refractivity (Wildman–Crippen MR) is 68.8 cm³/mol. The van der Waals surface area contributed by atoms with Crippen LogP contribution in [0.5, 0.6) is 0 Å². The molecule has 0 bridgehead atoms. The van der Waals surface area contributed by atoms with Crippen LogP contribution in [0.15, 0.2) is 0 Å². The molecule has 0 atom stereocenters. The second-order valence-corrected chi connectivity index (χ2v) is 5.19. The van der Waals surface area contributed by atoms with Gasteiger partial charge in [0.2, 0.25) is 0 Å². The fourth-order valence-corrected chi connectivity index (χ4v) is 1.97. The Hall–Kier alpha value is -0.120. The van der Waals surface area contributed by atoms with Crippen molar-refractivity contribution < 1.29 is 4.74 Å². The quantitative estimate of drug-likeness (QED) is 0.672. The van der Waals surface area contributed by atoms with Crippen LogP contribution in [0.25, 0.3) is 0 Å². The number of hydrogen-bond acceptors (Lipinski definition) is 3.